The molecular weight excluding hydrogens is 390 g/mol. The van der Waals surface area contributed by atoms with Crippen LogP contribution in [0.5, 0.6) is 0 Å². The van der Waals surface area contributed by atoms with Crippen LogP contribution >= 0.6 is 11.6 Å². The number of urea groups is 1. The van der Waals surface area contributed by atoms with Gasteiger partial charge in [0.2, 0.25) is 5.95 Å². The number of nitrogens with one attached hydrogen (secondary N) is 2. The third kappa shape index (κ3) is 4.31. The molecule has 2 aliphatic heterocycles. The van der Waals surface area contributed by atoms with Crippen LogP contribution in [0, 0.1) is 0 Å². The first kappa shape index (κ1) is 19.9. The molecule has 0 atom stereocenters. The molecule has 4 rings (SSSR count). The molecule has 1 aromatic heterocycles. The first-order valence-corrected chi connectivity index (χ1v) is 10.3. The number of hydrogen-bond acceptors (Lipinski definition) is 5. The molecule has 2 N–H and O–H groups in total. The highest BCUT2D eigenvalue weighted by molar-refractivity contribution is 6.30. The van der Waals surface area contributed by atoms with Crippen molar-refractivity contribution in [3.8, 4) is 0 Å². The smallest absolute Gasteiger partial charge is 0.318 e. The zero-order valence-electron chi connectivity index (χ0n) is 16.7. The van der Waals surface area contributed by atoms with Crippen molar-refractivity contribution in [2.75, 3.05) is 18.5 Å². The van der Waals surface area contributed by atoms with E-state index in [0.29, 0.717) is 30.1 Å². The van der Waals surface area contributed by atoms with E-state index < -0.39 is 5.54 Å². The van der Waals surface area contributed by atoms with Gasteiger partial charge in [0.1, 0.15) is 0 Å². The lowest BCUT2D eigenvalue weighted by Gasteiger charge is -2.32. The molecule has 0 aliphatic carbocycles. The van der Waals surface area contributed by atoms with E-state index in [0.717, 1.165) is 42.9 Å². The number of carbonyl (C=O) groups excluding carboxylic acids is 1. The molecule has 1 fully saturated rings. The van der Waals surface area contributed by atoms with Crippen molar-refractivity contribution in [1.82, 2.24) is 20.2 Å². The molecule has 2 amide bonds. The second-order valence-corrected chi connectivity index (χ2v) is 8.45. The fraction of sp³-hybridized carbons (Fsp3) is 0.476. The fourth-order valence-corrected chi connectivity index (χ4v) is 3.96. The topological polar surface area (TPSA) is 79.4 Å². The molecule has 154 valence electrons. The summed E-state index contributed by atoms with van der Waals surface area (Å²) in [5.74, 6) is 0.620. The van der Waals surface area contributed by atoms with Crippen molar-refractivity contribution in [3.05, 3.63) is 52.3 Å². The molecule has 0 unspecified atom stereocenters. The van der Waals surface area contributed by atoms with Crippen molar-refractivity contribution in [1.29, 1.82) is 0 Å². The van der Waals surface area contributed by atoms with Crippen LogP contribution in [0.2, 0.25) is 5.02 Å². The van der Waals surface area contributed by atoms with Crippen LogP contribution in [0.3, 0.4) is 0 Å². The SMILES string of the molecule is CC1(C)c2cnc(NC3CCOCC3)nc2CN1C(=O)NCc1ccc(Cl)cc1. The predicted octanol–water partition coefficient (Wildman–Crippen LogP) is 3.68. The number of anilines is 1. The Morgan fingerprint density at radius 3 is 2.72 bits per heavy atom. The Kier molecular flexibility index (Phi) is 5.61. The Morgan fingerprint density at radius 2 is 2.00 bits per heavy atom. The lowest BCUT2D eigenvalue weighted by atomic mass is 9.97. The number of carbonyl (C=O) groups is 1. The van der Waals surface area contributed by atoms with Gasteiger partial charge in [-0.3, -0.25) is 0 Å². The summed E-state index contributed by atoms with van der Waals surface area (Å²) < 4.78 is 5.40. The minimum absolute atomic E-state index is 0.123. The summed E-state index contributed by atoms with van der Waals surface area (Å²) in [7, 11) is 0. The number of halogens is 1. The van der Waals surface area contributed by atoms with E-state index in [1.807, 2.05) is 44.3 Å². The first-order chi connectivity index (χ1) is 13.9. The summed E-state index contributed by atoms with van der Waals surface area (Å²) in [5.41, 5.74) is 2.40. The van der Waals surface area contributed by atoms with Gasteiger partial charge in [0, 0.05) is 42.6 Å². The highest BCUT2D eigenvalue weighted by Crippen LogP contribution is 2.37. The quantitative estimate of drug-likeness (QED) is 0.796. The second-order valence-electron chi connectivity index (χ2n) is 8.02. The van der Waals surface area contributed by atoms with E-state index in [-0.39, 0.29) is 6.03 Å². The molecule has 8 heteroatoms. The average Bonchev–Trinajstić information content (AvgIpc) is 2.98. The average molecular weight is 416 g/mol. The minimum atomic E-state index is -0.476. The molecule has 3 heterocycles. The van der Waals surface area contributed by atoms with Gasteiger partial charge < -0.3 is 20.3 Å². The molecule has 0 bridgehead atoms. The van der Waals surface area contributed by atoms with E-state index >= 15 is 0 Å². The van der Waals surface area contributed by atoms with Gasteiger partial charge in [0.25, 0.3) is 0 Å². The molecule has 7 nitrogen and oxygen atoms in total. The van der Waals surface area contributed by atoms with E-state index in [4.69, 9.17) is 21.3 Å². The number of rotatable bonds is 4. The minimum Gasteiger partial charge on any atom is -0.381 e. The van der Waals surface area contributed by atoms with Crippen molar-refractivity contribution < 1.29 is 9.53 Å². The van der Waals surface area contributed by atoms with Crippen LogP contribution < -0.4 is 10.6 Å². The summed E-state index contributed by atoms with van der Waals surface area (Å²) in [5, 5.41) is 7.08. The van der Waals surface area contributed by atoms with Gasteiger partial charge in [-0.15, -0.1) is 0 Å². The number of aromatic nitrogens is 2. The van der Waals surface area contributed by atoms with Crippen LogP contribution in [0.4, 0.5) is 10.7 Å². The van der Waals surface area contributed by atoms with Gasteiger partial charge in [-0.2, -0.15) is 0 Å². The second kappa shape index (κ2) is 8.16. The predicted molar refractivity (Wildman–Crippen MR) is 112 cm³/mol. The monoisotopic (exact) mass is 415 g/mol. The molecule has 0 radical (unpaired) electrons. The van der Waals surface area contributed by atoms with Crippen LogP contribution in [0.15, 0.2) is 30.5 Å². The number of nitrogens with zero attached hydrogens (tertiary/aromatic N) is 3. The van der Waals surface area contributed by atoms with Gasteiger partial charge in [-0.25, -0.2) is 14.8 Å². The lowest BCUT2D eigenvalue weighted by molar-refractivity contribution is 0.0903. The maximum absolute atomic E-state index is 12.9. The van der Waals surface area contributed by atoms with E-state index in [1.54, 1.807) is 4.90 Å². The van der Waals surface area contributed by atoms with Gasteiger partial charge in [-0.05, 0) is 44.4 Å². The van der Waals surface area contributed by atoms with Crippen LogP contribution in [0.1, 0.15) is 43.5 Å². The van der Waals surface area contributed by atoms with Gasteiger partial charge >= 0.3 is 6.03 Å². The lowest BCUT2D eigenvalue weighted by Crippen LogP contribution is -2.45. The van der Waals surface area contributed by atoms with E-state index in [9.17, 15) is 4.79 Å². The highest BCUT2D eigenvalue weighted by atomic mass is 35.5. The Morgan fingerprint density at radius 1 is 1.28 bits per heavy atom. The largest absolute Gasteiger partial charge is 0.381 e. The van der Waals surface area contributed by atoms with Crippen molar-refractivity contribution >= 4 is 23.6 Å². The molecule has 2 aromatic rings. The summed E-state index contributed by atoms with van der Waals surface area (Å²) in [6.07, 6.45) is 3.74. The Hall–Kier alpha value is -2.38. The number of fused-ring (bicyclic) bond motifs is 1. The van der Waals surface area contributed by atoms with Crippen LogP contribution in [-0.2, 0) is 23.4 Å². The van der Waals surface area contributed by atoms with Gasteiger partial charge in [0.05, 0.1) is 17.8 Å². The molecule has 1 saturated heterocycles. The Balaban J connectivity index is 1.43. The Labute approximate surface area is 175 Å². The zero-order valence-corrected chi connectivity index (χ0v) is 17.5. The summed E-state index contributed by atoms with van der Waals surface area (Å²) in [6, 6.07) is 7.66. The molecule has 0 saturated carbocycles. The molecule has 1 aromatic carbocycles. The fourth-order valence-electron chi connectivity index (χ4n) is 3.84. The third-order valence-electron chi connectivity index (χ3n) is 5.67. The number of ether oxygens (including phenoxy) is 1. The van der Waals surface area contributed by atoms with Crippen molar-refractivity contribution in [2.45, 2.75) is 51.4 Å². The number of amides is 2. The highest BCUT2D eigenvalue weighted by Gasteiger charge is 2.41. The number of benzene rings is 1. The van der Waals surface area contributed by atoms with E-state index in [2.05, 4.69) is 15.6 Å². The number of hydrogen-bond donors (Lipinski definition) is 2. The van der Waals surface area contributed by atoms with Crippen molar-refractivity contribution in [3.63, 3.8) is 0 Å². The summed E-state index contributed by atoms with van der Waals surface area (Å²) in [6.45, 7) is 6.47. The van der Waals surface area contributed by atoms with Crippen LogP contribution in [0.25, 0.3) is 0 Å². The normalized spacial score (nSPS) is 18.4. The summed E-state index contributed by atoms with van der Waals surface area (Å²) in [4.78, 5) is 23.9. The maximum atomic E-state index is 12.9. The molecule has 0 spiro atoms. The maximum Gasteiger partial charge on any atom is 0.318 e. The first-order valence-electron chi connectivity index (χ1n) is 9.94. The standard InChI is InChI=1S/C21H26ClN5O2/c1-21(2)17-12-23-19(25-16-7-9-29-10-8-16)26-18(17)13-27(21)20(28)24-11-14-3-5-15(22)6-4-14/h3-6,12,16H,7-11,13H2,1-2H3,(H,24,28)(H,23,25,26). The Bertz CT molecular complexity index is 881. The van der Waals surface area contributed by atoms with Gasteiger partial charge in [-0.1, -0.05) is 23.7 Å². The van der Waals surface area contributed by atoms with Crippen molar-refractivity contribution in [2.24, 2.45) is 0 Å². The molecular formula is C21H26ClN5O2. The van der Waals surface area contributed by atoms with Gasteiger partial charge in [0.15, 0.2) is 0 Å². The van der Waals surface area contributed by atoms with Crippen LogP contribution in [-0.4, -0.2) is 40.2 Å². The zero-order chi connectivity index (χ0) is 20.4. The molecule has 2 aliphatic rings. The molecule has 29 heavy (non-hydrogen) atoms. The summed E-state index contributed by atoms with van der Waals surface area (Å²) >= 11 is 5.92. The third-order valence-corrected chi connectivity index (χ3v) is 5.92. The van der Waals surface area contributed by atoms with E-state index in [1.165, 1.54) is 0 Å².